The van der Waals surface area contributed by atoms with Gasteiger partial charge in [-0.25, -0.2) is 4.39 Å². The lowest BCUT2D eigenvalue weighted by Crippen LogP contribution is -2.42. The van der Waals surface area contributed by atoms with Crippen LogP contribution in [0, 0.1) is 5.82 Å². The summed E-state index contributed by atoms with van der Waals surface area (Å²) < 4.78 is 15.4. The number of likely N-dealkylation sites (tertiary alicyclic amines) is 1. The molecule has 2 aromatic rings. The van der Waals surface area contributed by atoms with Crippen LogP contribution in [0.5, 0.6) is 0 Å². The van der Waals surface area contributed by atoms with Crippen LogP contribution in [0.3, 0.4) is 0 Å². The van der Waals surface area contributed by atoms with Gasteiger partial charge in [0.2, 0.25) is 5.91 Å². The number of fused-ring (bicyclic) bond motifs is 1. The number of hydrogen-bond acceptors (Lipinski definition) is 4. The van der Waals surface area contributed by atoms with Crippen molar-refractivity contribution in [3.63, 3.8) is 0 Å². The van der Waals surface area contributed by atoms with Crippen LogP contribution in [0.15, 0.2) is 24.4 Å². The zero-order valence-electron chi connectivity index (χ0n) is 15.3. The Bertz CT molecular complexity index is 740. The summed E-state index contributed by atoms with van der Waals surface area (Å²) in [5.74, 6) is -0.219. The monoisotopic (exact) mass is 362 g/mol. The number of carbonyl (C=O) groups excluding carboxylic acids is 1. The molecule has 1 fully saturated rings. The fourth-order valence-electron chi connectivity index (χ4n) is 3.68. The number of aromatic nitrogens is 2. The number of benzene rings is 1. The highest BCUT2D eigenvalue weighted by Gasteiger charge is 2.23. The Balaban J connectivity index is 1.53. The summed E-state index contributed by atoms with van der Waals surface area (Å²) in [5, 5.41) is 14.2. The molecule has 6 nitrogen and oxygen atoms in total. The van der Waals surface area contributed by atoms with Gasteiger partial charge in [-0.1, -0.05) is 0 Å². The second-order valence-electron chi connectivity index (χ2n) is 6.81. The lowest BCUT2D eigenvalue weighted by atomic mass is 10.0. The maximum absolute atomic E-state index is 13.3. The molecule has 1 aliphatic heterocycles. The van der Waals surface area contributed by atoms with Crippen LogP contribution in [0.1, 0.15) is 32.2 Å². The number of aliphatic hydroxyl groups is 1. The molecule has 26 heavy (non-hydrogen) atoms. The first-order valence-corrected chi connectivity index (χ1v) is 9.36. The summed E-state index contributed by atoms with van der Waals surface area (Å²) in [4.78, 5) is 16.1. The van der Waals surface area contributed by atoms with Crippen LogP contribution >= 0.6 is 0 Å². The molecule has 0 saturated carbocycles. The molecular weight excluding hydrogens is 335 g/mol. The standard InChI is InChI=1S/C19H27FN4O2/c1-2-23(19(26)7-12-25)11-10-22-8-5-17(6-9-22)24-18-4-3-16(20)13-15(18)14-21-24/h3-4,13-14,17,25H,2,5-12H2,1H3. The Hall–Kier alpha value is -1.99. The van der Waals surface area contributed by atoms with Crippen molar-refractivity contribution in [1.82, 2.24) is 19.6 Å². The Morgan fingerprint density at radius 1 is 1.38 bits per heavy atom. The quantitative estimate of drug-likeness (QED) is 0.819. The van der Waals surface area contributed by atoms with E-state index in [1.165, 1.54) is 12.1 Å². The van der Waals surface area contributed by atoms with E-state index in [2.05, 4.69) is 10.00 Å². The van der Waals surface area contributed by atoms with E-state index in [0.717, 1.165) is 43.4 Å². The highest BCUT2D eigenvalue weighted by atomic mass is 19.1. The topological polar surface area (TPSA) is 61.6 Å². The van der Waals surface area contributed by atoms with Gasteiger partial charge in [0.25, 0.3) is 0 Å². The van der Waals surface area contributed by atoms with Crippen molar-refractivity contribution in [1.29, 1.82) is 0 Å². The lowest BCUT2D eigenvalue weighted by molar-refractivity contribution is -0.131. The van der Waals surface area contributed by atoms with Crippen molar-refractivity contribution in [3.8, 4) is 0 Å². The second kappa shape index (κ2) is 8.60. The smallest absolute Gasteiger partial charge is 0.224 e. The molecule has 1 aromatic heterocycles. The van der Waals surface area contributed by atoms with E-state index in [1.54, 1.807) is 17.2 Å². The summed E-state index contributed by atoms with van der Waals surface area (Å²) in [6.07, 6.45) is 3.91. The van der Waals surface area contributed by atoms with Crippen molar-refractivity contribution >= 4 is 16.8 Å². The summed E-state index contributed by atoms with van der Waals surface area (Å²) >= 11 is 0. The van der Waals surface area contributed by atoms with Crippen molar-refractivity contribution in [3.05, 3.63) is 30.2 Å². The van der Waals surface area contributed by atoms with Crippen molar-refractivity contribution in [2.24, 2.45) is 0 Å². The minimum Gasteiger partial charge on any atom is -0.396 e. The highest BCUT2D eigenvalue weighted by Crippen LogP contribution is 2.26. The predicted molar refractivity (Wildman–Crippen MR) is 98.4 cm³/mol. The van der Waals surface area contributed by atoms with E-state index >= 15 is 0 Å². The molecule has 0 spiro atoms. The van der Waals surface area contributed by atoms with Gasteiger partial charge >= 0.3 is 0 Å². The SMILES string of the molecule is CCN(CCN1CCC(n2ncc3cc(F)ccc32)CC1)C(=O)CCO. The normalized spacial score (nSPS) is 16.3. The number of carbonyl (C=O) groups is 1. The number of piperidine rings is 1. The van der Waals surface area contributed by atoms with E-state index in [9.17, 15) is 9.18 Å². The fraction of sp³-hybridized carbons (Fsp3) is 0.579. The Morgan fingerprint density at radius 2 is 2.15 bits per heavy atom. The zero-order chi connectivity index (χ0) is 18.5. The second-order valence-corrected chi connectivity index (χ2v) is 6.81. The van der Waals surface area contributed by atoms with Gasteiger partial charge < -0.3 is 14.9 Å². The molecule has 7 heteroatoms. The fourth-order valence-corrected chi connectivity index (χ4v) is 3.68. The molecule has 0 radical (unpaired) electrons. The number of hydrogen-bond donors (Lipinski definition) is 1. The van der Waals surface area contributed by atoms with E-state index in [0.29, 0.717) is 19.1 Å². The summed E-state index contributed by atoms with van der Waals surface area (Å²) in [5.41, 5.74) is 0.983. The number of aliphatic hydroxyl groups excluding tert-OH is 1. The number of nitrogens with zero attached hydrogens (tertiary/aromatic N) is 4. The maximum Gasteiger partial charge on any atom is 0.224 e. The van der Waals surface area contributed by atoms with E-state index in [-0.39, 0.29) is 24.8 Å². The van der Waals surface area contributed by atoms with Gasteiger partial charge in [0.15, 0.2) is 0 Å². The van der Waals surface area contributed by atoms with Crippen LogP contribution in [0.4, 0.5) is 4.39 Å². The Morgan fingerprint density at radius 3 is 2.85 bits per heavy atom. The Labute approximate surface area is 153 Å². The van der Waals surface area contributed by atoms with Gasteiger partial charge in [0.1, 0.15) is 5.82 Å². The summed E-state index contributed by atoms with van der Waals surface area (Å²) in [6.45, 7) is 6.01. The molecule has 0 bridgehead atoms. The number of rotatable bonds is 7. The molecular formula is C19H27FN4O2. The van der Waals surface area contributed by atoms with Crippen LogP contribution < -0.4 is 0 Å². The zero-order valence-corrected chi connectivity index (χ0v) is 15.3. The first-order valence-electron chi connectivity index (χ1n) is 9.36. The molecule has 1 amide bonds. The van der Waals surface area contributed by atoms with Gasteiger partial charge in [0.05, 0.1) is 24.4 Å². The molecule has 0 atom stereocenters. The van der Waals surface area contributed by atoms with E-state index in [1.807, 2.05) is 11.6 Å². The van der Waals surface area contributed by atoms with Gasteiger partial charge in [-0.3, -0.25) is 9.48 Å². The average Bonchev–Trinajstić information content (AvgIpc) is 3.06. The molecule has 2 heterocycles. The molecule has 0 unspecified atom stereocenters. The van der Waals surface area contributed by atoms with Crippen LogP contribution in [-0.2, 0) is 4.79 Å². The van der Waals surface area contributed by atoms with Crippen LogP contribution in [-0.4, -0.2) is 69.9 Å². The number of halogens is 1. The van der Waals surface area contributed by atoms with Gasteiger partial charge in [-0.15, -0.1) is 0 Å². The number of likely N-dealkylation sites (N-methyl/N-ethyl adjacent to an activating group) is 1. The summed E-state index contributed by atoms with van der Waals surface area (Å²) in [6, 6.07) is 5.14. The van der Waals surface area contributed by atoms with Crippen molar-refractivity contribution < 1.29 is 14.3 Å². The third kappa shape index (κ3) is 4.22. The minimum absolute atomic E-state index is 0.0140. The third-order valence-corrected chi connectivity index (χ3v) is 5.21. The first-order chi connectivity index (χ1) is 12.6. The third-order valence-electron chi connectivity index (χ3n) is 5.21. The van der Waals surface area contributed by atoms with Crippen molar-refractivity contribution in [2.75, 3.05) is 39.3 Å². The molecule has 1 aromatic carbocycles. The first kappa shape index (κ1) is 18.8. The van der Waals surface area contributed by atoms with E-state index in [4.69, 9.17) is 5.11 Å². The minimum atomic E-state index is -0.233. The molecule has 1 aliphatic rings. The molecule has 142 valence electrons. The number of amides is 1. The predicted octanol–water partition coefficient (Wildman–Crippen LogP) is 2.04. The highest BCUT2D eigenvalue weighted by molar-refractivity contribution is 5.78. The molecule has 1 saturated heterocycles. The lowest BCUT2D eigenvalue weighted by Gasteiger charge is -2.33. The average molecular weight is 362 g/mol. The van der Waals surface area contributed by atoms with Gasteiger partial charge in [-0.2, -0.15) is 5.10 Å². The molecule has 3 rings (SSSR count). The van der Waals surface area contributed by atoms with E-state index < -0.39 is 0 Å². The van der Waals surface area contributed by atoms with Crippen LogP contribution in [0.25, 0.3) is 10.9 Å². The largest absolute Gasteiger partial charge is 0.396 e. The maximum atomic E-state index is 13.3. The molecule has 1 N–H and O–H groups in total. The molecule has 0 aliphatic carbocycles. The van der Waals surface area contributed by atoms with Crippen LogP contribution in [0.2, 0.25) is 0 Å². The van der Waals surface area contributed by atoms with Gasteiger partial charge in [0, 0.05) is 44.5 Å². The summed E-state index contributed by atoms with van der Waals surface area (Å²) in [7, 11) is 0. The Kier molecular flexibility index (Phi) is 6.21. The van der Waals surface area contributed by atoms with Gasteiger partial charge in [-0.05, 0) is 38.0 Å². The van der Waals surface area contributed by atoms with Crippen molar-refractivity contribution in [2.45, 2.75) is 32.2 Å².